The van der Waals surface area contributed by atoms with Crippen LogP contribution < -0.4 is 16.1 Å². The summed E-state index contributed by atoms with van der Waals surface area (Å²) in [6, 6.07) is 8.29. The molecule has 1 aliphatic rings. The Bertz CT molecular complexity index is 466. The fourth-order valence-corrected chi connectivity index (χ4v) is 1.98. The van der Waals surface area contributed by atoms with E-state index >= 15 is 0 Å². The van der Waals surface area contributed by atoms with E-state index in [1.165, 1.54) is 5.69 Å². The molecule has 0 unspecified atom stereocenters. The molecule has 2 rings (SSSR count). The molecule has 0 spiro atoms. The molecule has 0 atom stereocenters. The fourth-order valence-electron chi connectivity index (χ4n) is 1.94. The first kappa shape index (κ1) is 13.8. The van der Waals surface area contributed by atoms with Crippen molar-refractivity contribution in [2.24, 2.45) is 10.8 Å². The standard InChI is InChI=1S/C13H18N4OS/c1-10(15-16-13(14)19)11-2-4-12(5-3-11)17-6-8-18-9-7-17/h2-5H,6-9H2,1H3,(H3,14,16,19)/b15-10+. The zero-order valence-corrected chi connectivity index (χ0v) is 11.7. The van der Waals surface area contributed by atoms with Crippen molar-refractivity contribution in [2.45, 2.75) is 6.92 Å². The van der Waals surface area contributed by atoms with Crippen LogP contribution in [-0.2, 0) is 4.74 Å². The van der Waals surface area contributed by atoms with Gasteiger partial charge in [0, 0.05) is 18.8 Å². The molecule has 0 radical (unpaired) electrons. The van der Waals surface area contributed by atoms with Crippen molar-refractivity contribution in [2.75, 3.05) is 31.2 Å². The Morgan fingerprint density at radius 3 is 2.53 bits per heavy atom. The van der Waals surface area contributed by atoms with Gasteiger partial charge in [-0.05, 0) is 36.8 Å². The normalized spacial score (nSPS) is 16.3. The highest BCUT2D eigenvalue weighted by molar-refractivity contribution is 7.80. The average Bonchev–Trinajstić information content (AvgIpc) is 2.46. The zero-order valence-electron chi connectivity index (χ0n) is 10.9. The van der Waals surface area contributed by atoms with Crippen LogP contribution in [0.15, 0.2) is 29.4 Å². The Hall–Kier alpha value is -1.66. The van der Waals surface area contributed by atoms with E-state index in [0.717, 1.165) is 37.6 Å². The molecule has 0 aliphatic carbocycles. The van der Waals surface area contributed by atoms with E-state index in [0.29, 0.717) is 0 Å². The van der Waals surface area contributed by atoms with Crippen LogP contribution >= 0.6 is 12.2 Å². The highest BCUT2D eigenvalue weighted by atomic mass is 32.1. The van der Waals surface area contributed by atoms with Crippen LogP contribution in [0.5, 0.6) is 0 Å². The van der Waals surface area contributed by atoms with Gasteiger partial charge >= 0.3 is 0 Å². The Balaban J connectivity index is 2.05. The van der Waals surface area contributed by atoms with Crippen molar-refractivity contribution >= 4 is 28.7 Å². The summed E-state index contributed by atoms with van der Waals surface area (Å²) in [5.41, 5.74) is 11.0. The second kappa shape index (κ2) is 6.49. The van der Waals surface area contributed by atoms with E-state index in [4.69, 9.17) is 22.7 Å². The van der Waals surface area contributed by atoms with Gasteiger partial charge in [-0.1, -0.05) is 12.1 Å². The number of nitrogens with zero attached hydrogens (tertiary/aromatic N) is 2. The number of anilines is 1. The van der Waals surface area contributed by atoms with Gasteiger partial charge in [-0.2, -0.15) is 5.10 Å². The van der Waals surface area contributed by atoms with Gasteiger partial charge in [0.1, 0.15) is 0 Å². The van der Waals surface area contributed by atoms with Crippen LogP contribution in [0.1, 0.15) is 12.5 Å². The number of hydrogen-bond donors (Lipinski definition) is 2. The van der Waals surface area contributed by atoms with Crippen molar-refractivity contribution in [3.63, 3.8) is 0 Å². The van der Waals surface area contributed by atoms with Crippen molar-refractivity contribution < 1.29 is 4.74 Å². The maximum Gasteiger partial charge on any atom is 0.184 e. The van der Waals surface area contributed by atoms with Gasteiger partial charge in [0.2, 0.25) is 0 Å². The van der Waals surface area contributed by atoms with E-state index in [9.17, 15) is 0 Å². The monoisotopic (exact) mass is 278 g/mol. The van der Waals surface area contributed by atoms with Crippen molar-refractivity contribution in [3.8, 4) is 0 Å². The molecule has 3 N–H and O–H groups in total. The summed E-state index contributed by atoms with van der Waals surface area (Å²) in [4.78, 5) is 2.31. The molecule has 1 heterocycles. The third-order valence-electron chi connectivity index (χ3n) is 3.00. The summed E-state index contributed by atoms with van der Waals surface area (Å²) in [6.07, 6.45) is 0. The van der Waals surface area contributed by atoms with Gasteiger partial charge in [-0.25, -0.2) is 0 Å². The number of rotatable bonds is 3. The largest absolute Gasteiger partial charge is 0.378 e. The van der Waals surface area contributed by atoms with Gasteiger partial charge < -0.3 is 15.4 Å². The lowest BCUT2D eigenvalue weighted by Gasteiger charge is -2.28. The fraction of sp³-hybridized carbons (Fsp3) is 0.385. The minimum Gasteiger partial charge on any atom is -0.378 e. The predicted octanol–water partition coefficient (Wildman–Crippen LogP) is 1.08. The maximum atomic E-state index is 5.34. The molecule has 19 heavy (non-hydrogen) atoms. The molecule has 102 valence electrons. The molecular weight excluding hydrogens is 260 g/mol. The van der Waals surface area contributed by atoms with Crippen LogP contribution in [-0.4, -0.2) is 37.1 Å². The lowest BCUT2D eigenvalue weighted by Crippen LogP contribution is -2.36. The predicted molar refractivity (Wildman–Crippen MR) is 81.6 cm³/mol. The molecule has 1 aromatic carbocycles. The van der Waals surface area contributed by atoms with Gasteiger partial charge in [0.05, 0.1) is 18.9 Å². The van der Waals surface area contributed by atoms with Crippen LogP contribution in [0.25, 0.3) is 0 Å². The van der Waals surface area contributed by atoms with Crippen LogP contribution in [0, 0.1) is 0 Å². The summed E-state index contributed by atoms with van der Waals surface area (Å²) < 4.78 is 5.34. The van der Waals surface area contributed by atoms with Crippen LogP contribution in [0.2, 0.25) is 0 Å². The molecule has 0 amide bonds. The summed E-state index contributed by atoms with van der Waals surface area (Å²) in [5, 5.41) is 4.27. The average molecular weight is 278 g/mol. The highest BCUT2D eigenvalue weighted by Crippen LogP contribution is 2.16. The van der Waals surface area contributed by atoms with E-state index < -0.39 is 0 Å². The summed E-state index contributed by atoms with van der Waals surface area (Å²) in [5.74, 6) is 0. The summed E-state index contributed by atoms with van der Waals surface area (Å²) in [7, 11) is 0. The Labute approximate surface area is 118 Å². The van der Waals surface area contributed by atoms with Crippen LogP contribution in [0.3, 0.4) is 0 Å². The number of thiocarbonyl (C=S) groups is 1. The quantitative estimate of drug-likeness (QED) is 0.492. The van der Waals surface area contributed by atoms with E-state index in [-0.39, 0.29) is 5.11 Å². The zero-order chi connectivity index (χ0) is 13.7. The lowest BCUT2D eigenvalue weighted by molar-refractivity contribution is 0.122. The molecule has 5 nitrogen and oxygen atoms in total. The maximum absolute atomic E-state index is 5.34. The van der Waals surface area contributed by atoms with E-state index in [1.54, 1.807) is 0 Å². The first-order valence-electron chi connectivity index (χ1n) is 6.19. The van der Waals surface area contributed by atoms with E-state index in [2.05, 4.69) is 27.6 Å². The number of morpholine rings is 1. The van der Waals surface area contributed by atoms with Gasteiger partial charge in [-0.3, -0.25) is 5.43 Å². The molecule has 0 bridgehead atoms. The van der Waals surface area contributed by atoms with E-state index in [1.807, 2.05) is 19.1 Å². The molecule has 1 aliphatic heterocycles. The second-order valence-corrected chi connectivity index (χ2v) is 4.76. The number of hydrazone groups is 1. The number of benzene rings is 1. The molecule has 0 aromatic heterocycles. The molecule has 1 fully saturated rings. The minimum absolute atomic E-state index is 0.171. The second-order valence-electron chi connectivity index (χ2n) is 4.32. The van der Waals surface area contributed by atoms with Crippen molar-refractivity contribution in [1.82, 2.24) is 5.43 Å². The SMILES string of the molecule is C/C(=N\NC(N)=S)c1ccc(N2CCOCC2)cc1. The number of ether oxygens (including phenoxy) is 1. The highest BCUT2D eigenvalue weighted by Gasteiger charge is 2.10. The molecule has 1 aromatic rings. The van der Waals surface area contributed by atoms with Crippen LogP contribution in [0.4, 0.5) is 5.69 Å². The summed E-state index contributed by atoms with van der Waals surface area (Å²) in [6.45, 7) is 5.38. The molecule has 0 saturated carbocycles. The Kier molecular flexibility index (Phi) is 4.70. The molecular formula is C13H18N4OS. The number of hydrogen-bond acceptors (Lipinski definition) is 4. The molecule has 6 heteroatoms. The minimum atomic E-state index is 0.171. The lowest BCUT2D eigenvalue weighted by atomic mass is 10.1. The number of nitrogens with two attached hydrogens (primary N) is 1. The molecule has 1 saturated heterocycles. The van der Waals surface area contributed by atoms with Gasteiger partial charge in [-0.15, -0.1) is 0 Å². The Morgan fingerprint density at radius 2 is 1.95 bits per heavy atom. The van der Waals surface area contributed by atoms with Gasteiger partial charge in [0.25, 0.3) is 0 Å². The third kappa shape index (κ3) is 3.90. The van der Waals surface area contributed by atoms with Crippen molar-refractivity contribution in [1.29, 1.82) is 0 Å². The van der Waals surface area contributed by atoms with Crippen molar-refractivity contribution in [3.05, 3.63) is 29.8 Å². The topological polar surface area (TPSA) is 62.9 Å². The van der Waals surface area contributed by atoms with Gasteiger partial charge in [0.15, 0.2) is 5.11 Å². The first-order valence-corrected chi connectivity index (χ1v) is 6.60. The first-order chi connectivity index (χ1) is 9.16. The smallest absolute Gasteiger partial charge is 0.184 e. The third-order valence-corrected chi connectivity index (χ3v) is 3.09. The Morgan fingerprint density at radius 1 is 1.32 bits per heavy atom. The summed E-state index contributed by atoms with van der Waals surface area (Å²) >= 11 is 4.71. The number of nitrogens with one attached hydrogen (secondary N) is 1.